The average Bonchev–Trinajstić information content (AvgIpc) is 3.22. The van der Waals surface area contributed by atoms with Crippen molar-refractivity contribution >= 4 is 5.91 Å². The van der Waals surface area contributed by atoms with Gasteiger partial charge in [0.15, 0.2) is 0 Å². The van der Waals surface area contributed by atoms with Crippen molar-refractivity contribution in [1.82, 2.24) is 15.5 Å². The minimum Gasteiger partial charge on any atom is -0.352 e. The molecule has 0 spiro atoms. The quantitative estimate of drug-likeness (QED) is 0.735. The third-order valence-corrected chi connectivity index (χ3v) is 4.23. The van der Waals surface area contributed by atoms with E-state index in [1.165, 1.54) is 19.3 Å². The Bertz CT molecular complexity index is 285. The lowest BCUT2D eigenvalue weighted by molar-refractivity contribution is -0.126. The maximum atomic E-state index is 12.2. The van der Waals surface area contributed by atoms with Crippen molar-refractivity contribution in [1.29, 1.82) is 0 Å². The maximum Gasteiger partial charge on any atom is 0.237 e. The van der Waals surface area contributed by atoms with Gasteiger partial charge in [-0.05, 0) is 52.1 Å². The molecular formula is C15H29N3O. The van der Waals surface area contributed by atoms with Gasteiger partial charge in [-0.25, -0.2) is 0 Å². The van der Waals surface area contributed by atoms with Crippen LogP contribution in [0.3, 0.4) is 0 Å². The smallest absolute Gasteiger partial charge is 0.237 e. The molecule has 2 aliphatic rings. The number of carbonyl (C=O) groups excluding carboxylic acids is 1. The zero-order valence-corrected chi connectivity index (χ0v) is 12.5. The molecule has 2 rings (SSSR count). The van der Waals surface area contributed by atoms with E-state index >= 15 is 0 Å². The second kappa shape index (κ2) is 7.25. The lowest BCUT2D eigenvalue weighted by Crippen LogP contribution is -2.51. The standard InChI is InChI=1S/C15H29N3O/c1-3-10-18(11-14-6-4-5-9-16-14)12(2)15(19)17-13-7-8-13/h12-14,16H,3-11H2,1-2H3,(H,17,19). The first-order chi connectivity index (χ1) is 9.20. The second-order valence-electron chi connectivity index (χ2n) is 6.10. The SMILES string of the molecule is CCCN(CC1CCCCN1)C(C)C(=O)NC1CC1. The molecule has 1 aliphatic carbocycles. The molecule has 2 unspecified atom stereocenters. The minimum absolute atomic E-state index is 0.00396. The number of hydrogen-bond acceptors (Lipinski definition) is 3. The summed E-state index contributed by atoms with van der Waals surface area (Å²) >= 11 is 0. The highest BCUT2D eigenvalue weighted by Gasteiger charge is 2.29. The Morgan fingerprint density at radius 3 is 2.74 bits per heavy atom. The number of hydrogen-bond donors (Lipinski definition) is 2. The highest BCUT2D eigenvalue weighted by Crippen LogP contribution is 2.19. The summed E-state index contributed by atoms with van der Waals surface area (Å²) in [7, 11) is 0. The van der Waals surface area contributed by atoms with E-state index in [9.17, 15) is 4.79 Å². The Kier molecular flexibility index (Phi) is 5.64. The van der Waals surface area contributed by atoms with Crippen molar-refractivity contribution in [3.8, 4) is 0 Å². The normalized spacial score (nSPS) is 25.3. The van der Waals surface area contributed by atoms with Crippen LogP contribution in [0.2, 0.25) is 0 Å². The largest absolute Gasteiger partial charge is 0.352 e. The number of nitrogens with one attached hydrogen (secondary N) is 2. The van der Waals surface area contributed by atoms with Crippen LogP contribution in [0.5, 0.6) is 0 Å². The fourth-order valence-corrected chi connectivity index (χ4v) is 2.81. The van der Waals surface area contributed by atoms with E-state index in [1.54, 1.807) is 0 Å². The molecule has 0 aromatic carbocycles. The molecule has 1 heterocycles. The van der Waals surface area contributed by atoms with Gasteiger partial charge >= 0.3 is 0 Å². The molecule has 0 bridgehead atoms. The van der Waals surface area contributed by atoms with Gasteiger partial charge in [0.25, 0.3) is 0 Å². The van der Waals surface area contributed by atoms with Crippen molar-refractivity contribution in [2.45, 2.75) is 70.5 Å². The van der Waals surface area contributed by atoms with Crippen molar-refractivity contribution in [2.75, 3.05) is 19.6 Å². The fourth-order valence-electron chi connectivity index (χ4n) is 2.81. The molecule has 110 valence electrons. The summed E-state index contributed by atoms with van der Waals surface area (Å²) in [5, 5.41) is 6.71. The molecule has 4 heteroatoms. The van der Waals surface area contributed by atoms with Crippen LogP contribution in [0.1, 0.15) is 52.4 Å². The first kappa shape index (κ1) is 14.8. The van der Waals surface area contributed by atoms with Gasteiger partial charge in [-0.2, -0.15) is 0 Å². The van der Waals surface area contributed by atoms with Crippen LogP contribution < -0.4 is 10.6 Å². The lowest BCUT2D eigenvalue weighted by atomic mass is 10.0. The number of carbonyl (C=O) groups is 1. The Morgan fingerprint density at radius 1 is 1.37 bits per heavy atom. The first-order valence-electron chi connectivity index (χ1n) is 7.98. The van der Waals surface area contributed by atoms with Crippen molar-refractivity contribution in [3.05, 3.63) is 0 Å². The molecule has 0 aromatic rings. The van der Waals surface area contributed by atoms with E-state index in [-0.39, 0.29) is 11.9 Å². The third kappa shape index (κ3) is 4.77. The van der Waals surface area contributed by atoms with Crippen LogP contribution in [0.25, 0.3) is 0 Å². The van der Waals surface area contributed by atoms with Gasteiger partial charge in [-0.3, -0.25) is 9.69 Å². The average molecular weight is 267 g/mol. The van der Waals surface area contributed by atoms with Gasteiger partial charge in [0.1, 0.15) is 0 Å². The fraction of sp³-hybridized carbons (Fsp3) is 0.933. The number of amides is 1. The highest BCUT2D eigenvalue weighted by atomic mass is 16.2. The molecule has 19 heavy (non-hydrogen) atoms. The molecule has 0 radical (unpaired) electrons. The van der Waals surface area contributed by atoms with Crippen LogP contribution in [-0.2, 0) is 4.79 Å². The van der Waals surface area contributed by atoms with Gasteiger partial charge < -0.3 is 10.6 Å². The van der Waals surface area contributed by atoms with Crippen LogP contribution in [-0.4, -0.2) is 48.6 Å². The summed E-state index contributed by atoms with van der Waals surface area (Å²) in [5.41, 5.74) is 0. The van der Waals surface area contributed by atoms with Crippen molar-refractivity contribution in [2.24, 2.45) is 0 Å². The van der Waals surface area contributed by atoms with E-state index < -0.39 is 0 Å². The van der Waals surface area contributed by atoms with E-state index in [4.69, 9.17) is 0 Å². The third-order valence-electron chi connectivity index (χ3n) is 4.23. The first-order valence-corrected chi connectivity index (χ1v) is 7.98. The van der Waals surface area contributed by atoms with Gasteiger partial charge in [-0.1, -0.05) is 13.3 Å². The van der Waals surface area contributed by atoms with Gasteiger partial charge in [-0.15, -0.1) is 0 Å². The van der Waals surface area contributed by atoms with Gasteiger partial charge in [0.2, 0.25) is 5.91 Å². The summed E-state index contributed by atoms with van der Waals surface area (Å²) in [6.07, 6.45) is 7.29. The molecule has 4 nitrogen and oxygen atoms in total. The minimum atomic E-state index is 0.00396. The molecule has 2 fully saturated rings. The molecule has 0 aromatic heterocycles. The molecule has 2 N–H and O–H groups in total. The number of piperidine rings is 1. The molecule has 2 atom stereocenters. The van der Waals surface area contributed by atoms with Gasteiger partial charge in [0, 0.05) is 18.6 Å². The molecular weight excluding hydrogens is 238 g/mol. The van der Waals surface area contributed by atoms with Crippen LogP contribution in [0, 0.1) is 0 Å². The monoisotopic (exact) mass is 267 g/mol. The van der Waals surface area contributed by atoms with E-state index in [1.807, 2.05) is 0 Å². The van der Waals surface area contributed by atoms with Crippen molar-refractivity contribution < 1.29 is 4.79 Å². The number of rotatable bonds is 7. The topological polar surface area (TPSA) is 44.4 Å². The summed E-state index contributed by atoms with van der Waals surface area (Å²) in [5.74, 6) is 0.215. The second-order valence-corrected chi connectivity index (χ2v) is 6.10. The molecule has 1 saturated heterocycles. The maximum absolute atomic E-state index is 12.2. The summed E-state index contributed by atoms with van der Waals surface area (Å²) in [4.78, 5) is 14.5. The summed E-state index contributed by atoms with van der Waals surface area (Å²) < 4.78 is 0. The van der Waals surface area contributed by atoms with Gasteiger partial charge in [0.05, 0.1) is 6.04 Å². The Hall–Kier alpha value is -0.610. The van der Waals surface area contributed by atoms with Crippen molar-refractivity contribution in [3.63, 3.8) is 0 Å². The number of nitrogens with zero attached hydrogens (tertiary/aromatic N) is 1. The van der Waals surface area contributed by atoms with Crippen LogP contribution >= 0.6 is 0 Å². The van der Waals surface area contributed by atoms with E-state index in [2.05, 4.69) is 29.4 Å². The predicted octanol–water partition coefficient (Wildman–Crippen LogP) is 1.51. The predicted molar refractivity (Wildman–Crippen MR) is 78.1 cm³/mol. The molecule has 1 saturated carbocycles. The Balaban J connectivity index is 1.83. The summed E-state index contributed by atoms with van der Waals surface area (Å²) in [6, 6.07) is 1.03. The summed E-state index contributed by atoms with van der Waals surface area (Å²) in [6.45, 7) is 7.39. The zero-order valence-electron chi connectivity index (χ0n) is 12.5. The Labute approximate surface area is 117 Å². The Morgan fingerprint density at radius 2 is 2.16 bits per heavy atom. The van der Waals surface area contributed by atoms with E-state index in [0.29, 0.717) is 12.1 Å². The molecule has 1 aliphatic heterocycles. The van der Waals surface area contributed by atoms with Crippen LogP contribution in [0.4, 0.5) is 0 Å². The van der Waals surface area contributed by atoms with Crippen LogP contribution in [0.15, 0.2) is 0 Å². The molecule has 1 amide bonds. The van der Waals surface area contributed by atoms with E-state index in [0.717, 1.165) is 38.9 Å². The highest BCUT2D eigenvalue weighted by molar-refractivity contribution is 5.81. The lowest BCUT2D eigenvalue weighted by Gasteiger charge is -2.33. The zero-order chi connectivity index (χ0) is 13.7.